The Bertz CT molecular complexity index is 1880. The van der Waals surface area contributed by atoms with E-state index in [1.54, 1.807) is 17.0 Å². The second-order valence-electron chi connectivity index (χ2n) is 10.3. The van der Waals surface area contributed by atoms with Crippen molar-refractivity contribution in [3.8, 4) is 17.1 Å². The van der Waals surface area contributed by atoms with Gasteiger partial charge in [-0.2, -0.15) is 4.31 Å². The van der Waals surface area contributed by atoms with Crippen LogP contribution in [0.1, 0.15) is 11.1 Å². The van der Waals surface area contributed by atoms with E-state index in [4.69, 9.17) is 4.74 Å². The number of benzene rings is 4. The van der Waals surface area contributed by atoms with Crippen LogP contribution in [0.4, 0.5) is 0 Å². The van der Waals surface area contributed by atoms with Crippen LogP contribution >= 0.6 is 0 Å². The maximum Gasteiger partial charge on any atom is 0.260 e. The van der Waals surface area contributed by atoms with Crippen LogP contribution < -0.4 is 4.74 Å². The maximum absolute atomic E-state index is 13.3. The molecule has 5 aromatic rings. The van der Waals surface area contributed by atoms with Crippen molar-refractivity contribution < 1.29 is 17.9 Å². The summed E-state index contributed by atoms with van der Waals surface area (Å²) in [5, 5.41) is 12.3. The summed E-state index contributed by atoms with van der Waals surface area (Å²) in [5.41, 5.74) is 4.00. The van der Waals surface area contributed by atoms with Gasteiger partial charge < -0.3 is 9.64 Å². The molecule has 208 valence electrons. The molecular weight excluding hydrogens is 536 g/mol. The van der Waals surface area contributed by atoms with E-state index >= 15 is 0 Å². The molecule has 9 heteroatoms. The number of carbonyl (C=O) groups is 1. The lowest BCUT2D eigenvalue weighted by Crippen LogP contribution is -2.51. The SMILES string of the molecule is Cc1ccc(C)c(-c2nnc(OCC(=O)N3CCN(S(=O)(=O)c4ccc5ccccc5c4)CC3)c3ccccc23)c1. The highest BCUT2D eigenvalue weighted by molar-refractivity contribution is 7.89. The zero-order valence-corrected chi connectivity index (χ0v) is 23.8. The van der Waals surface area contributed by atoms with Crippen LogP contribution in [0.15, 0.2) is 89.8 Å². The quantitative estimate of drug-likeness (QED) is 0.288. The number of hydrogen-bond donors (Lipinski definition) is 0. The minimum Gasteiger partial charge on any atom is -0.466 e. The molecule has 1 fully saturated rings. The summed E-state index contributed by atoms with van der Waals surface area (Å²) < 4.78 is 33.9. The Morgan fingerprint density at radius 1 is 0.805 bits per heavy atom. The van der Waals surface area contributed by atoms with E-state index in [9.17, 15) is 13.2 Å². The summed E-state index contributed by atoms with van der Waals surface area (Å²) in [5.74, 6) is 0.0674. The lowest BCUT2D eigenvalue weighted by molar-refractivity contribution is -0.134. The van der Waals surface area contributed by atoms with Crippen LogP contribution in [-0.2, 0) is 14.8 Å². The van der Waals surface area contributed by atoms with Crippen LogP contribution in [0.3, 0.4) is 0 Å². The lowest BCUT2D eigenvalue weighted by Gasteiger charge is -2.34. The third-order valence-electron chi connectivity index (χ3n) is 7.58. The first kappa shape index (κ1) is 26.9. The van der Waals surface area contributed by atoms with E-state index in [1.807, 2.05) is 68.4 Å². The van der Waals surface area contributed by atoms with Crippen LogP contribution in [0.2, 0.25) is 0 Å². The molecule has 0 radical (unpaired) electrons. The molecule has 8 nitrogen and oxygen atoms in total. The standard InChI is InChI=1S/C32H30N4O4S/c1-22-11-12-23(2)29(19-22)31-27-9-5-6-10-28(27)32(34-33-31)40-21-30(37)35-15-17-36(18-16-35)41(38,39)26-14-13-24-7-3-4-8-25(24)20-26/h3-14,19-20H,15-18,21H2,1-2H3. The van der Waals surface area contributed by atoms with E-state index in [0.717, 1.165) is 43.9 Å². The van der Waals surface area contributed by atoms with Gasteiger partial charge in [-0.15, -0.1) is 10.2 Å². The predicted octanol–water partition coefficient (Wildman–Crippen LogP) is 4.98. The molecular formula is C32H30N4O4S. The molecule has 1 amide bonds. The van der Waals surface area contributed by atoms with Gasteiger partial charge in [-0.25, -0.2) is 8.42 Å². The van der Waals surface area contributed by atoms with Gasteiger partial charge in [0.2, 0.25) is 15.9 Å². The van der Waals surface area contributed by atoms with Gasteiger partial charge in [0, 0.05) is 42.5 Å². The van der Waals surface area contributed by atoms with Gasteiger partial charge in [0.15, 0.2) is 6.61 Å². The molecule has 0 spiro atoms. The van der Waals surface area contributed by atoms with Crippen molar-refractivity contribution in [3.05, 3.63) is 96.1 Å². The average Bonchev–Trinajstić information content (AvgIpc) is 3.00. The van der Waals surface area contributed by atoms with E-state index < -0.39 is 10.0 Å². The molecule has 1 aliphatic rings. The molecule has 0 aliphatic carbocycles. The van der Waals surface area contributed by atoms with Gasteiger partial charge in [-0.1, -0.05) is 66.2 Å². The number of hydrogen-bond acceptors (Lipinski definition) is 6. The Labute approximate surface area is 239 Å². The number of rotatable bonds is 6. The molecule has 1 aliphatic heterocycles. The number of fused-ring (bicyclic) bond motifs is 2. The minimum atomic E-state index is -3.67. The summed E-state index contributed by atoms with van der Waals surface area (Å²) in [7, 11) is -3.67. The molecule has 0 saturated carbocycles. The number of amides is 1. The fourth-order valence-corrected chi connectivity index (χ4v) is 6.71. The third-order valence-corrected chi connectivity index (χ3v) is 9.48. The zero-order valence-electron chi connectivity index (χ0n) is 22.9. The summed E-state index contributed by atoms with van der Waals surface area (Å²) in [6, 6.07) is 26.8. The molecule has 1 saturated heterocycles. The second-order valence-corrected chi connectivity index (χ2v) is 12.2. The molecule has 6 rings (SSSR count). The van der Waals surface area contributed by atoms with Crippen molar-refractivity contribution in [2.75, 3.05) is 32.8 Å². The minimum absolute atomic E-state index is 0.209. The van der Waals surface area contributed by atoms with Crippen LogP contribution in [-0.4, -0.2) is 66.5 Å². The Morgan fingerprint density at radius 3 is 2.29 bits per heavy atom. The molecule has 0 unspecified atom stereocenters. The molecule has 0 N–H and O–H groups in total. The highest BCUT2D eigenvalue weighted by Crippen LogP contribution is 2.33. The molecule has 1 aromatic heterocycles. The Hall–Kier alpha value is -4.34. The zero-order chi connectivity index (χ0) is 28.6. The van der Waals surface area contributed by atoms with Crippen molar-refractivity contribution >= 4 is 37.5 Å². The van der Waals surface area contributed by atoms with Gasteiger partial charge >= 0.3 is 0 Å². The van der Waals surface area contributed by atoms with E-state index in [1.165, 1.54) is 4.31 Å². The van der Waals surface area contributed by atoms with Crippen molar-refractivity contribution in [2.24, 2.45) is 0 Å². The summed E-state index contributed by atoms with van der Waals surface area (Å²) >= 11 is 0. The Kier molecular flexibility index (Phi) is 7.15. The number of sulfonamides is 1. The normalized spacial score (nSPS) is 14.4. The summed E-state index contributed by atoms with van der Waals surface area (Å²) in [4.78, 5) is 14.9. The van der Waals surface area contributed by atoms with Crippen LogP contribution in [0.5, 0.6) is 5.88 Å². The van der Waals surface area contributed by atoms with Crippen molar-refractivity contribution in [1.82, 2.24) is 19.4 Å². The summed E-state index contributed by atoms with van der Waals surface area (Å²) in [6.45, 7) is 4.88. The predicted molar refractivity (Wildman–Crippen MR) is 159 cm³/mol. The first-order valence-electron chi connectivity index (χ1n) is 13.5. The highest BCUT2D eigenvalue weighted by Gasteiger charge is 2.30. The molecule has 0 atom stereocenters. The first-order valence-corrected chi connectivity index (χ1v) is 15.0. The van der Waals surface area contributed by atoms with Gasteiger partial charge in [-0.05, 0) is 54.4 Å². The average molecular weight is 567 g/mol. The van der Waals surface area contributed by atoms with Gasteiger partial charge in [0.25, 0.3) is 5.91 Å². The Morgan fingerprint density at radius 2 is 1.51 bits per heavy atom. The van der Waals surface area contributed by atoms with Crippen molar-refractivity contribution in [1.29, 1.82) is 0 Å². The topological polar surface area (TPSA) is 92.7 Å². The molecule has 41 heavy (non-hydrogen) atoms. The van der Waals surface area contributed by atoms with Gasteiger partial charge in [-0.3, -0.25) is 4.79 Å². The highest BCUT2D eigenvalue weighted by atomic mass is 32.2. The third kappa shape index (κ3) is 5.26. The number of ether oxygens (including phenoxy) is 1. The smallest absolute Gasteiger partial charge is 0.260 e. The number of carbonyl (C=O) groups excluding carboxylic acids is 1. The molecule has 4 aromatic carbocycles. The molecule has 0 bridgehead atoms. The number of aryl methyl sites for hydroxylation is 2. The van der Waals surface area contributed by atoms with Crippen LogP contribution in [0.25, 0.3) is 32.8 Å². The number of nitrogens with zero attached hydrogens (tertiary/aromatic N) is 4. The van der Waals surface area contributed by atoms with E-state index in [-0.39, 0.29) is 43.6 Å². The first-order chi connectivity index (χ1) is 19.8. The fraction of sp³-hybridized carbons (Fsp3) is 0.219. The summed E-state index contributed by atoms with van der Waals surface area (Å²) in [6.07, 6.45) is 0. The monoisotopic (exact) mass is 566 g/mol. The largest absolute Gasteiger partial charge is 0.466 e. The number of piperazine rings is 1. The fourth-order valence-electron chi connectivity index (χ4n) is 5.25. The van der Waals surface area contributed by atoms with Gasteiger partial charge in [0.05, 0.1) is 4.90 Å². The molecule has 2 heterocycles. The maximum atomic E-state index is 13.3. The van der Waals surface area contributed by atoms with E-state index in [2.05, 4.69) is 28.4 Å². The second kappa shape index (κ2) is 10.9. The Balaban J connectivity index is 1.13. The van der Waals surface area contributed by atoms with Crippen molar-refractivity contribution in [2.45, 2.75) is 18.7 Å². The van der Waals surface area contributed by atoms with E-state index in [0.29, 0.717) is 5.88 Å². The number of aromatic nitrogens is 2. The van der Waals surface area contributed by atoms with Crippen molar-refractivity contribution in [3.63, 3.8) is 0 Å². The van der Waals surface area contributed by atoms with Gasteiger partial charge in [0.1, 0.15) is 5.69 Å². The van der Waals surface area contributed by atoms with Crippen LogP contribution in [0, 0.1) is 13.8 Å². The lowest BCUT2D eigenvalue weighted by atomic mass is 9.99.